The van der Waals surface area contributed by atoms with Gasteiger partial charge in [-0.2, -0.15) is 4.98 Å². The Kier molecular flexibility index (Phi) is 7.41. The fourth-order valence-electron chi connectivity index (χ4n) is 4.41. The van der Waals surface area contributed by atoms with E-state index in [0.29, 0.717) is 28.8 Å². The van der Waals surface area contributed by atoms with Gasteiger partial charge in [-0.3, -0.25) is 10.1 Å². The van der Waals surface area contributed by atoms with Crippen LogP contribution in [0.1, 0.15) is 5.56 Å². The Morgan fingerprint density at radius 3 is 2.39 bits per heavy atom. The molecular weight excluding hydrogens is 545 g/mol. The zero-order valence-corrected chi connectivity index (χ0v) is 23.7. The number of nitrogens with zero attached hydrogens (tertiary/aromatic N) is 6. The van der Waals surface area contributed by atoms with Gasteiger partial charge in [0.05, 0.1) is 22.5 Å². The summed E-state index contributed by atoms with van der Waals surface area (Å²) in [6.07, 6.45) is 2.69. The van der Waals surface area contributed by atoms with Crippen LogP contribution in [0.15, 0.2) is 83.9 Å². The van der Waals surface area contributed by atoms with Crippen LogP contribution < -0.4 is 15.1 Å². The minimum Gasteiger partial charge on any atom is -0.327 e. The number of halogens is 1. The number of fused-ring (bicyclic) bond motifs is 1. The number of aryl methyl sites for hydroxylation is 1. The predicted octanol–water partition coefficient (Wildman–Crippen LogP) is 4.62. The van der Waals surface area contributed by atoms with E-state index >= 15 is 0 Å². The highest BCUT2D eigenvalue weighted by molar-refractivity contribution is 7.90. The van der Waals surface area contributed by atoms with Gasteiger partial charge in [-0.25, -0.2) is 22.8 Å². The maximum absolute atomic E-state index is 14.0. The van der Waals surface area contributed by atoms with Crippen LogP contribution in [0.5, 0.6) is 0 Å². The van der Waals surface area contributed by atoms with Gasteiger partial charge in [-0.1, -0.05) is 24.3 Å². The first-order chi connectivity index (χ1) is 19.5. The Labute approximate surface area is 237 Å². The summed E-state index contributed by atoms with van der Waals surface area (Å²) in [6.45, 7) is 0. The van der Waals surface area contributed by atoms with Crippen molar-refractivity contribution >= 4 is 55.9 Å². The van der Waals surface area contributed by atoms with Gasteiger partial charge in [0.25, 0.3) is 0 Å². The molecule has 0 radical (unpaired) electrons. The summed E-state index contributed by atoms with van der Waals surface area (Å²) in [5.41, 5.74) is 3.20. The standard InChI is InChI=1S/C29H28FN7O3S/c1-35(20-12-14-21(15-13-20)41(4,39)40)28-31-17-16-25(32-28)36(2)23-10-7-11-24-27(23)34-29(37(24)3)33-26(38)18-19-8-5-6-9-22(19)30/h5-17H,18H2,1-4H3,(H,33,34,38). The first-order valence-corrected chi connectivity index (χ1v) is 14.5. The molecule has 0 bridgehead atoms. The van der Waals surface area contributed by atoms with Crippen LogP contribution in [0.3, 0.4) is 0 Å². The number of imidazole rings is 1. The molecule has 41 heavy (non-hydrogen) atoms. The fourth-order valence-corrected chi connectivity index (χ4v) is 5.04. The molecule has 0 unspecified atom stereocenters. The highest BCUT2D eigenvalue weighted by Crippen LogP contribution is 2.32. The zero-order valence-electron chi connectivity index (χ0n) is 22.9. The number of benzene rings is 3. The van der Waals surface area contributed by atoms with Gasteiger partial charge in [0.15, 0.2) is 9.84 Å². The molecule has 1 N–H and O–H groups in total. The van der Waals surface area contributed by atoms with Crippen LogP contribution >= 0.6 is 0 Å². The third-order valence-corrected chi connectivity index (χ3v) is 7.86. The molecule has 12 heteroatoms. The molecule has 0 spiro atoms. The number of sulfone groups is 1. The molecular formula is C29H28FN7O3S. The molecule has 0 atom stereocenters. The fraction of sp³-hybridized carbons (Fsp3) is 0.172. The molecule has 0 aliphatic rings. The lowest BCUT2D eigenvalue weighted by Crippen LogP contribution is -2.17. The molecule has 0 aliphatic carbocycles. The van der Waals surface area contributed by atoms with Crippen molar-refractivity contribution in [3.8, 4) is 0 Å². The number of carbonyl (C=O) groups excluding carboxylic acids is 1. The monoisotopic (exact) mass is 573 g/mol. The lowest BCUT2D eigenvalue weighted by molar-refractivity contribution is -0.115. The molecule has 0 saturated heterocycles. The van der Waals surface area contributed by atoms with Crippen LogP contribution in [0.2, 0.25) is 0 Å². The second kappa shape index (κ2) is 11.0. The Morgan fingerprint density at radius 2 is 1.68 bits per heavy atom. The smallest absolute Gasteiger partial charge is 0.231 e. The molecule has 2 heterocycles. The lowest BCUT2D eigenvalue weighted by Gasteiger charge is -2.22. The number of carbonyl (C=O) groups is 1. The first-order valence-electron chi connectivity index (χ1n) is 12.6. The summed E-state index contributed by atoms with van der Waals surface area (Å²) in [7, 11) is 2.14. The summed E-state index contributed by atoms with van der Waals surface area (Å²) in [5.74, 6) is 0.533. The van der Waals surface area contributed by atoms with Crippen molar-refractivity contribution in [1.29, 1.82) is 0 Å². The van der Waals surface area contributed by atoms with Gasteiger partial charge in [0.2, 0.25) is 17.8 Å². The van der Waals surface area contributed by atoms with Gasteiger partial charge in [-0.05, 0) is 54.1 Å². The summed E-state index contributed by atoms with van der Waals surface area (Å²) in [6, 6.07) is 20.1. The van der Waals surface area contributed by atoms with E-state index in [0.717, 1.165) is 16.9 Å². The second-order valence-corrected chi connectivity index (χ2v) is 11.6. The van der Waals surface area contributed by atoms with Crippen molar-refractivity contribution in [1.82, 2.24) is 19.5 Å². The zero-order chi connectivity index (χ0) is 29.3. The number of para-hydroxylation sites is 1. The van der Waals surface area contributed by atoms with E-state index in [1.54, 1.807) is 78.3 Å². The van der Waals surface area contributed by atoms with E-state index in [1.807, 2.05) is 30.1 Å². The van der Waals surface area contributed by atoms with Crippen molar-refractivity contribution in [3.63, 3.8) is 0 Å². The van der Waals surface area contributed by atoms with Gasteiger partial charge in [0, 0.05) is 39.3 Å². The molecule has 2 aromatic heterocycles. The average molecular weight is 574 g/mol. The number of hydrogen-bond donors (Lipinski definition) is 1. The molecule has 1 amide bonds. The summed E-state index contributed by atoms with van der Waals surface area (Å²) in [4.78, 5) is 30.4. The van der Waals surface area contributed by atoms with E-state index in [2.05, 4.69) is 15.3 Å². The predicted molar refractivity (Wildman–Crippen MR) is 157 cm³/mol. The third-order valence-electron chi connectivity index (χ3n) is 6.74. The summed E-state index contributed by atoms with van der Waals surface area (Å²) < 4.78 is 39.4. The van der Waals surface area contributed by atoms with Crippen molar-refractivity contribution in [2.75, 3.05) is 35.5 Å². The van der Waals surface area contributed by atoms with E-state index in [9.17, 15) is 17.6 Å². The number of hydrogen-bond acceptors (Lipinski definition) is 8. The lowest BCUT2D eigenvalue weighted by atomic mass is 10.1. The number of aromatic nitrogens is 4. The Balaban J connectivity index is 1.40. The number of nitrogens with one attached hydrogen (secondary N) is 1. The second-order valence-electron chi connectivity index (χ2n) is 9.55. The molecule has 5 aromatic rings. The summed E-state index contributed by atoms with van der Waals surface area (Å²) in [5, 5.41) is 2.79. The number of anilines is 5. The third kappa shape index (κ3) is 5.73. The summed E-state index contributed by atoms with van der Waals surface area (Å²) >= 11 is 0. The highest BCUT2D eigenvalue weighted by Gasteiger charge is 2.19. The van der Waals surface area contributed by atoms with Crippen molar-refractivity contribution < 1.29 is 17.6 Å². The van der Waals surface area contributed by atoms with Crippen LogP contribution in [0, 0.1) is 5.82 Å². The average Bonchev–Trinajstić information content (AvgIpc) is 3.28. The Bertz CT molecular complexity index is 1860. The van der Waals surface area contributed by atoms with Gasteiger partial charge < -0.3 is 14.4 Å². The normalized spacial score (nSPS) is 11.4. The molecule has 210 valence electrons. The molecule has 10 nitrogen and oxygen atoms in total. The minimum atomic E-state index is -3.30. The Morgan fingerprint density at radius 1 is 0.951 bits per heavy atom. The van der Waals surface area contributed by atoms with Gasteiger partial charge >= 0.3 is 0 Å². The van der Waals surface area contributed by atoms with Crippen LogP contribution in [-0.2, 0) is 28.1 Å². The molecule has 0 fully saturated rings. The largest absolute Gasteiger partial charge is 0.327 e. The first kappa shape index (κ1) is 27.7. The highest BCUT2D eigenvalue weighted by atomic mass is 32.2. The van der Waals surface area contributed by atoms with Gasteiger partial charge in [0.1, 0.15) is 17.2 Å². The van der Waals surface area contributed by atoms with Crippen LogP contribution in [0.25, 0.3) is 11.0 Å². The van der Waals surface area contributed by atoms with Gasteiger partial charge in [-0.15, -0.1) is 0 Å². The molecule has 0 saturated carbocycles. The van der Waals surface area contributed by atoms with E-state index in [-0.39, 0.29) is 17.2 Å². The van der Waals surface area contributed by atoms with Crippen molar-refractivity contribution in [2.45, 2.75) is 11.3 Å². The van der Waals surface area contributed by atoms with E-state index < -0.39 is 15.7 Å². The van der Waals surface area contributed by atoms with E-state index in [4.69, 9.17) is 4.98 Å². The maximum atomic E-state index is 14.0. The topological polar surface area (TPSA) is 113 Å². The van der Waals surface area contributed by atoms with E-state index in [1.165, 1.54) is 12.3 Å². The molecule has 3 aromatic carbocycles. The number of amides is 1. The van der Waals surface area contributed by atoms with Crippen LogP contribution in [0.4, 0.5) is 33.5 Å². The van der Waals surface area contributed by atoms with Crippen molar-refractivity contribution in [3.05, 3.63) is 90.4 Å². The quantitative estimate of drug-likeness (QED) is 0.286. The minimum absolute atomic E-state index is 0.114. The SMILES string of the molecule is CN(c1ccc(S(C)(=O)=O)cc1)c1nccc(N(C)c2cccc3c2nc(NC(=O)Cc2ccccc2F)n3C)n1. The molecule has 5 rings (SSSR count). The number of rotatable bonds is 8. The Hall–Kier alpha value is -4.84. The molecule has 0 aliphatic heterocycles. The maximum Gasteiger partial charge on any atom is 0.231 e. The van der Waals surface area contributed by atoms with Crippen molar-refractivity contribution in [2.24, 2.45) is 7.05 Å². The van der Waals surface area contributed by atoms with Crippen LogP contribution in [-0.4, -0.2) is 54.2 Å².